The lowest BCUT2D eigenvalue weighted by atomic mass is 10.1. The second-order valence-electron chi connectivity index (χ2n) is 4.44. The lowest BCUT2D eigenvalue weighted by Crippen LogP contribution is -2.09. The van der Waals surface area contributed by atoms with Crippen LogP contribution in [0.25, 0.3) is 0 Å². The van der Waals surface area contributed by atoms with Gasteiger partial charge in [0.15, 0.2) is 0 Å². The molecular weight excluding hydrogens is 290 g/mol. The SMILES string of the molecule is COc1cccc(C(CN)SCc2ccc(Cl)cc2)c1. The second-order valence-corrected chi connectivity index (χ2v) is 6.07. The van der Waals surface area contributed by atoms with E-state index in [1.807, 2.05) is 42.1 Å². The van der Waals surface area contributed by atoms with Gasteiger partial charge in [0.25, 0.3) is 0 Å². The third-order valence-electron chi connectivity index (χ3n) is 3.04. The fraction of sp³-hybridized carbons (Fsp3) is 0.250. The van der Waals surface area contributed by atoms with E-state index in [1.165, 1.54) is 11.1 Å². The molecule has 0 aliphatic rings. The number of rotatable bonds is 6. The third-order valence-corrected chi connectivity index (χ3v) is 4.66. The van der Waals surface area contributed by atoms with Gasteiger partial charge in [-0.2, -0.15) is 0 Å². The van der Waals surface area contributed by atoms with Crippen molar-refractivity contribution < 1.29 is 4.74 Å². The minimum atomic E-state index is 0.265. The van der Waals surface area contributed by atoms with E-state index in [9.17, 15) is 0 Å². The molecule has 2 aromatic carbocycles. The number of ether oxygens (including phenoxy) is 1. The summed E-state index contributed by atoms with van der Waals surface area (Å²) in [4.78, 5) is 0. The largest absolute Gasteiger partial charge is 0.497 e. The Balaban J connectivity index is 2.03. The fourth-order valence-corrected chi connectivity index (χ4v) is 3.11. The van der Waals surface area contributed by atoms with Crippen LogP contribution in [0.5, 0.6) is 5.75 Å². The van der Waals surface area contributed by atoms with Gasteiger partial charge in [0, 0.05) is 22.6 Å². The molecule has 1 atom stereocenters. The van der Waals surface area contributed by atoms with Crippen LogP contribution >= 0.6 is 23.4 Å². The molecule has 0 saturated heterocycles. The van der Waals surface area contributed by atoms with Crippen LogP contribution in [0.3, 0.4) is 0 Å². The molecule has 2 rings (SSSR count). The third kappa shape index (κ3) is 4.17. The Morgan fingerprint density at radius 1 is 1.20 bits per heavy atom. The Hall–Kier alpha value is -1.16. The zero-order valence-corrected chi connectivity index (χ0v) is 13.0. The van der Waals surface area contributed by atoms with Crippen LogP contribution in [0, 0.1) is 0 Å². The maximum atomic E-state index is 5.90. The number of nitrogens with two attached hydrogens (primary N) is 1. The molecule has 0 aromatic heterocycles. The van der Waals surface area contributed by atoms with Crippen LogP contribution in [0.2, 0.25) is 5.02 Å². The Morgan fingerprint density at radius 2 is 1.95 bits per heavy atom. The van der Waals surface area contributed by atoms with Crippen molar-refractivity contribution in [3.8, 4) is 5.75 Å². The van der Waals surface area contributed by atoms with Crippen LogP contribution in [0.1, 0.15) is 16.4 Å². The molecule has 20 heavy (non-hydrogen) atoms. The summed E-state index contributed by atoms with van der Waals surface area (Å²) in [6.45, 7) is 0.603. The number of hydrogen-bond acceptors (Lipinski definition) is 3. The van der Waals surface area contributed by atoms with Gasteiger partial charge in [-0.25, -0.2) is 0 Å². The fourth-order valence-electron chi connectivity index (χ4n) is 1.92. The molecule has 0 radical (unpaired) electrons. The molecule has 0 aliphatic heterocycles. The number of halogens is 1. The summed E-state index contributed by atoms with van der Waals surface area (Å²) in [5, 5.41) is 1.03. The monoisotopic (exact) mass is 307 g/mol. The zero-order valence-electron chi connectivity index (χ0n) is 11.4. The van der Waals surface area contributed by atoms with Gasteiger partial charge in [0.2, 0.25) is 0 Å². The lowest BCUT2D eigenvalue weighted by molar-refractivity contribution is 0.414. The summed E-state index contributed by atoms with van der Waals surface area (Å²) in [5.74, 6) is 1.78. The smallest absolute Gasteiger partial charge is 0.119 e. The molecule has 0 aliphatic carbocycles. The van der Waals surface area contributed by atoms with Crippen molar-refractivity contribution in [2.75, 3.05) is 13.7 Å². The quantitative estimate of drug-likeness (QED) is 0.865. The average molecular weight is 308 g/mol. The molecule has 0 bridgehead atoms. The Kier molecular flexibility index (Phi) is 5.77. The highest BCUT2D eigenvalue weighted by atomic mass is 35.5. The van der Waals surface area contributed by atoms with E-state index < -0.39 is 0 Å². The Labute approximate surface area is 129 Å². The Morgan fingerprint density at radius 3 is 2.60 bits per heavy atom. The molecule has 0 amide bonds. The molecule has 0 spiro atoms. The van der Waals surface area contributed by atoms with E-state index in [0.29, 0.717) is 6.54 Å². The van der Waals surface area contributed by atoms with E-state index in [4.69, 9.17) is 22.1 Å². The predicted octanol–water partition coefficient (Wildman–Crippen LogP) is 4.28. The van der Waals surface area contributed by atoms with Crippen molar-refractivity contribution in [2.45, 2.75) is 11.0 Å². The summed E-state index contributed by atoms with van der Waals surface area (Å²) >= 11 is 7.72. The first kappa shape index (κ1) is 15.2. The van der Waals surface area contributed by atoms with Gasteiger partial charge in [-0.15, -0.1) is 11.8 Å². The molecule has 4 heteroatoms. The van der Waals surface area contributed by atoms with Crippen molar-refractivity contribution >= 4 is 23.4 Å². The minimum Gasteiger partial charge on any atom is -0.497 e. The van der Waals surface area contributed by atoms with Crippen molar-refractivity contribution in [1.82, 2.24) is 0 Å². The van der Waals surface area contributed by atoms with Crippen LogP contribution in [-0.4, -0.2) is 13.7 Å². The van der Waals surface area contributed by atoms with Gasteiger partial charge >= 0.3 is 0 Å². The first-order chi connectivity index (χ1) is 9.72. The highest BCUT2D eigenvalue weighted by Crippen LogP contribution is 2.32. The van der Waals surface area contributed by atoms with E-state index in [2.05, 4.69) is 18.2 Å². The number of hydrogen-bond donors (Lipinski definition) is 1. The first-order valence-corrected chi connectivity index (χ1v) is 7.85. The molecule has 2 aromatic rings. The van der Waals surface area contributed by atoms with E-state index in [1.54, 1.807) is 7.11 Å². The summed E-state index contributed by atoms with van der Waals surface area (Å²) in [5.41, 5.74) is 8.35. The lowest BCUT2D eigenvalue weighted by Gasteiger charge is -2.15. The predicted molar refractivity (Wildman–Crippen MR) is 87.5 cm³/mol. The average Bonchev–Trinajstić information content (AvgIpc) is 2.50. The molecule has 0 fully saturated rings. The van der Waals surface area contributed by atoms with E-state index in [-0.39, 0.29) is 5.25 Å². The van der Waals surface area contributed by atoms with Gasteiger partial charge in [-0.3, -0.25) is 0 Å². The Bertz CT molecular complexity index is 544. The summed E-state index contributed by atoms with van der Waals surface area (Å²) in [7, 11) is 1.68. The molecule has 2 nitrogen and oxygen atoms in total. The van der Waals surface area contributed by atoms with Gasteiger partial charge in [-0.05, 0) is 35.4 Å². The highest BCUT2D eigenvalue weighted by molar-refractivity contribution is 7.98. The van der Waals surface area contributed by atoms with E-state index >= 15 is 0 Å². The molecule has 106 valence electrons. The molecular formula is C16H18ClNOS. The second kappa shape index (κ2) is 7.58. The van der Waals surface area contributed by atoms with E-state index in [0.717, 1.165) is 16.5 Å². The van der Waals surface area contributed by atoms with Crippen molar-refractivity contribution in [2.24, 2.45) is 5.73 Å². The van der Waals surface area contributed by atoms with Crippen LogP contribution in [0.15, 0.2) is 48.5 Å². The number of thioether (sulfide) groups is 1. The number of benzene rings is 2. The van der Waals surface area contributed by atoms with Gasteiger partial charge in [0.05, 0.1) is 7.11 Å². The summed E-state index contributed by atoms with van der Waals surface area (Å²) in [6, 6.07) is 16.0. The first-order valence-electron chi connectivity index (χ1n) is 6.43. The van der Waals surface area contributed by atoms with Crippen LogP contribution in [0.4, 0.5) is 0 Å². The maximum Gasteiger partial charge on any atom is 0.119 e. The zero-order chi connectivity index (χ0) is 14.4. The van der Waals surface area contributed by atoms with Crippen LogP contribution in [-0.2, 0) is 5.75 Å². The number of methoxy groups -OCH3 is 1. The highest BCUT2D eigenvalue weighted by Gasteiger charge is 2.11. The van der Waals surface area contributed by atoms with Crippen LogP contribution < -0.4 is 10.5 Å². The molecule has 2 N–H and O–H groups in total. The normalized spacial score (nSPS) is 12.2. The molecule has 0 heterocycles. The van der Waals surface area contributed by atoms with Crippen molar-refractivity contribution in [3.05, 3.63) is 64.7 Å². The van der Waals surface area contributed by atoms with Gasteiger partial charge < -0.3 is 10.5 Å². The summed E-state index contributed by atoms with van der Waals surface area (Å²) < 4.78 is 5.26. The summed E-state index contributed by atoms with van der Waals surface area (Å²) in [6.07, 6.45) is 0. The topological polar surface area (TPSA) is 35.2 Å². The minimum absolute atomic E-state index is 0.265. The maximum absolute atomic E-state index is 5.90. The van der Waals surface area contributed by atoms with Gasteiger partial charge in [-0.1, -0.05) is 35.9 Å². The standard InChI is InChI=1S/C16H18ClNOS/c1-19-15-4-2-3-13(9-15)16(10-18)20-11-12-5-7-14(17)8-6-12/h2-9,16H,10-11,18H2,1H3. The van der Waals surface area contributed by atoms with Crippen molar-refractivity contribution in [1.29, 1.82) is 0 Å². The van der Waals surface area contributed by atoms with Gasteiger partial charge in [0.1, 0.15) is 5.75 Å². The molecule has 1 unspecified atom stereocenters. The van der Waals surface area contributed by atoms with Crippen molar-refractivity contribution in [3.63, 3.8) is 0 Å². The molecule has 0 saturated carbocycles.